The van der Waals surface area contributed by atoms with Crippen LogP contribution in [0, 0.1) is 17.3 Å². The normalized spacial score (nSPS) is 11.5. The summed E-state index contributed by atoms with van der Waals surface area (Å²) in [7, 11) is -3.49. The summed E-state index contributed by atoms with van der Waals surface area (Å²) in [5.74, 6) is 4.15. The van der Waals surface area contributed by atoms with Gasteiger partial charge in [0.05, 0.1) is 10.5 Å². The molecule has 0 spiro atoms. The molecule has 0 amide bonds. The Morgan fingerprint density at radius 2 is 1.74 bits per heavy atom. The van der Waals surface area contributed by atoms with Gasteiger partial charge in [0.2, 0.25) is 0 Å². The van der Waals surface area contributed by atoms with E-state index >= 15 is 0 Å². The van der Waals surface area contributed by atoms with E-state index in [4.69, 9.17) is 5.11 Å². The second kappa shape index (κ2) is 5.45. The molecule has 0 aliphatic carbocycles. The van der Waals surface area contributed by atoms with Crippen LogP contribution in [0.25, 0.3) is 0 Å². The molecule has 0 atom stereocenters. The number of sulfone groups is 1. The minimum Gasteiger partial charge on any atom is -0.478 e. The highest BCUT2D eigenvalue weighted by Crippen LogP contribution is 2.13. The lowest BCUT2D eigenvalue weighted by molar-refractivity contribution is 0.0696. The Morgan fingerprint density at radius 3 is 2.16 bits per heavy atom. The van der Waals surface area contributed by atoms with Gasteiger partial charge in [0.25, 0.3) is 0 Å². The van der Waals surface area contributed by atoms with Crippen molar-refractivity contribution in [1.82, 2.24) is 0 Å². The first kappa shape index (κ1) is 15.3. The molecular formula is C14H16O4S. The lowest BCUT2D eigenvalue weighted by Gasteiger charge is -2.07. The van der Waals surface area contributed by atoms with Gasteiger partial charge in [-0.1, -0.05) is 11.8 Å². The van der Waals surface area contributed by atoms with Crippen molar-refractivity contribution in [1.29, 1.82) is 0 Å². The topological polar surface area (TPSA) is 71.4 Å². The van der Waals surface area contributed by atoms with Gasteiger partial charge < -0.3 is 5.11 Å². The van der Waals surface area contributed by atoms with Crippen molar-refractivity contribution in [3.63, 3.8) is 0 Å². The van der Waals surface area contributed by atoms with E-state index in [9.17, 15) is 13.2 Å². The maximum atomic E-state index is 11.9. The molecule has 0 aromatic heterocycles. The van der Waals surface area contributed by atoms with Crippen molar-refractivity contribution in [2.24, 2.45) is 5.41 Å². The molecule has 0 bridgehead atoms. The summed E-state index contributed by atoms with van der Waals surface area (Å²) < 4.78 is 23.9. The fourth-order valence-corrected chi connectivity index (χ4v) is 2.26. The van der Waals surface area contributed by atoms with Crippen molar-refractivity contribution in [3.05, 3.63) is 29.8 Å². The number of hydrogen-bond acceptors (Lipinski definition) is 3. The third-order valence-corrected chi connectivity index (χ3v) is 3.70. The van der Waals surface area contributed by atoms with Gasteiger partial charge in [-0.05, 0) is 45.0 Å². The third kappa shape index (κ3) is 4.76. The van der Waals surface area contributed by atoms with Crippen LogP contribution < -0.4 is 0 Å². The summed E-state index contributed by atoms with van der Waals surface area (Å²) in [6, 6.07) is 5.12. The minimum absolute atomic E-state index is 0.0553. The Morgan fingerprint density at radius 1 is 1.21 bits per heavy atom. The zero-order valence-corrected chi connectivity index (χ0v) is 11.9. The van der Waals surface area contributed by atoms with Gasteiger partial charge in [0.1, 0.15) is 5.75 Å². The van der Waals surface area contributed by atoms with Crippen LogP contribution in [0.4, 0.5) is 0 Å². The SMILES string of the molecule is CC(C)(C)C#CCS(=O)(=O)c1ccc(C(=O)O)cc1. The molecule has 5 heteroatoms. The van der Waals surface area contributed by atoms with Crippen LogP contribution >= 0.6 is 0 Å². The average molecular weight is 280 g/mol. The molecule has 1 aromatic carbocycles. The van der Waals surface area contributed by atoms with Crippen LogP contribution in [0.2, 0.25) is 0 Å². The fraction of sp³-hybridized carbons (Fsp3) is 0.357. The molecule has 0 fully saturated rings. The number of carboxylic acid groups (broad SMARTS) is 1. The zero-order valence-electron chi connectivity index (χ0n) is 11.1. The minimum atomic E-state index is -3.49. The molecule has 19 heavy (non-hydrogen) atoms. The average Bonchev–Trinajstić information content (AvgIpc) is 2.27. The Labute approximate surface area is 113 Å². The first-order valence-electron chi connectivity index (χ1n) is 5.68. The lowest BCUT2D eigenvalue weighted by atomic mass is 9.98. The summed E-state index contributed by atoms with van der Waals surface area (Å²) in [5, 5.41) is 8.74. The summed E-state index contributed by atoms with van der Waals surface area (Å²) >= 11 is 0. The van der Waals surface area contributed by atoms with Gasteiger partial charge in [0.15, 0.2) is 9.84 Å². The highest BCUT2D eigenvalue weighted by atomic mass is 32.2. The molecule has 4 nitrogen and oxygen atoms in total. The summed E-state index contributed by atoms with van der Waals surface area (Å²) in [4.78, 5) is 10.8. The van der Waals surface area contributed by atoms with E-state index in [0.29, 0.717) is 0 Å². The monoisotopic (exact) mass is 280 g/mol. The predicted octanol–water partition coefficient (Wildman–Crippen LogP) is 2.21. The summed E-state index contributed by atoms with van der Waals surface area (Å²) in [6.07, 6.45) is 0. The van der Waals surface area contributed by atoms with Crippen LogP contribution in [0.3, 0.4) is 0 Å². The molecule has 0 saturated carbocycles. The Kier molecular flexibility index (Phi) is 4.38. The zero-order chi connectivity index (χ0) is 14.7. The first-order chi connectivity index (χ1) is 8.62. The smallest absolute Gasteiger partial charge is 0.335 e. The van der Waals surface area contributed by atoms with Crippen LogP contribution in [-0.4, -0.2) is 25.2 Å². The molecule has 0 aliphatic heterocycles. The van der Waals surface area contributed by atoms with Crippen LogP contribution in [0.15, 0.2) is 29.2 Å². The van der Waals surface area contributed by atoms with E-state index in [1.165, 1.54) is 24.3 Å². The van der Waals surface area contributed by atoms with E-state index < -0.39 is 15.8 Å². The highest BCUT2D eigenvalue weighted by molar-refractivity contribution is 7.91. The Balaban J connectivity index is 2.94. The maximum Gasteiger partial charge on any atom is 0.335 e. The lowest BCUT2D eigenvalue weighted by Crippen LogP contribution is -2.07. The molecule has 0 heterocycles. The van der Waals surface area contributed by atoms with Gasteiger partial charge >= 0.3 is 5.97 Å². The van der Waals surface area contributed by atoms with Gasteiger partial charge in [-0.25, -0.2) is 13.2 Å². The molecule has 0 aliphatic rings. The number of benzene rings is 1. The second-order valence-electron chi connectivity index (χ2n) is 5.14. The van der Waals surface area contributed by atoms with Crippen molar-refractivity contribution in [2.75, 3.05) is 5.75 Å². The molecular weight excluding hydrogens is 264 g/mol. The van der Waals surface area contributed by atoms with Crippen molar-refractivity contribution in [3.8, 4) is 11.8 Å². The largest absolute Gasteiger partial charge is 0.478 e. The van der Waals surface area contributed by atoms with Crippen LogP contribution in [0.1, 0.15) is 31.1 Å². The summed E-state index contributed by atoms with van der Waals surface area (Å²) in [5.41, 5.74) is -0.192. The molecule has 0 saturated heterocycles. The van der Waals surface area contributed by atoms with E-state index in [0.717, 1.165) is 0 Å². The number of aromatic carboxylic acids is 1. The molecule has 1 rings (SSSR count). The van der Waals surface area contributed by atoms with E-state index in [1.807, 2.05) is 20.8 Å². The van der Waals surface area contributed by atoms with Gasteiger partial charge in [-0.2, -0.15) is 0 Å². The van der Waals surface area contributed by atoms with Crippen LogP contribution in [0.5, 0.6) is 0 Å². The van der Waals surface area contributed by atoms with Gasteiger partial charge in [0, 0.05) is 5.41 Å². The number of carboxylic acids is 1. The van der Waals surface area contributed by atoms with Crippen LogP contribution in [-0.2, 0) is 9.84 Å². The quantitative estimate of drug-likeness (QED) is 0.862. The van der Waals surface area contributed by atoms with E-state index in [-0.39, 0.29) is 21.6 Å². The number of rotatable bonds is 3. The van der Waals surface area contributed by atoms with Crippen molar-refractivity contribution in [2.45, 2.75) is 25.7 Å². The molecule has 102 valence electrons. The Bertz CT molecular complexity index is 623. The predicted molar refractivity (Wildman–Crippen MR) is 72.7 cm³/mol. The van der Waals surface area contributed by atoms with Crippen molar-refractivity contribution >= 4 is 15.8 Å². The Hall–Kier alpha value is -1.80. The maximum absolute atomic E-state index is 11.9. The first-order valence-corrected chi connectivity index (χ1v) is 7.33. The fourth-order valence-electron chi connectivity index (χ4n) is 1.28. The molecule has 0 radical (unpaired) electrons. The second-order valence-corrected chi connectivity index (χ2v) is 7.13. The van der Waals surface area contributed by atoms with E-state index in [2.05, 4.69) is 11.8 Å². The number of hydrogen-bond donors (Lipinski definition) is 1. The summed E-state index contributed by atoms with van der Waals surface area (Å²) in [6.45, 7) is 5.69. The van der Waals surface area contributed by atoms with Gasteiger partial charge in [-0.15, -0.1) is 0 Å². The third-order valence-electron chi connectivity index (χ3n) is 2.19. The van der Waals surface area contributed by atoms with Gasteiger partial charge in [-0.3, -0.25) is 0 Å². The van der Waals surface area contributed by atoms with E-state index in [1.54, 1.807) is 0 Å². The number of carbonyl (C=O) groups is 1. The highest BCUT2D eigenvalue weighted by Gasteiger charge is 2.14. The standard InChI is InChI=1S/C14H16O4S/c1-14(2,3)9-4-10-19(17,18)12-7-5-11(6-8-12)13(15)16/h5-8H,10H2,1-3H3,(H,15,16). The molecule has 0 unspecified atom stereocenters. The van der Waals surface area contributed by atoms with Crippen molar-refractivity contribution < 1.29 is 18.3 Å². The molecule has 1 N–H and O–H groups in total. The molecule has 1 aromatic rings.